The lowest BCUT2D eigenvalue weighted by Crippen LogP contribution is -2.34. The van der Waals surface area contributed by atoms with E-state index in [1.807, 2.05) is 0 Å². The maximum atomic E-state index is 12.6. The zero-order valence-electron chi connectivity index (χ0n) is 14.4. The van der Waals surface area contributed by atoms with Gasteiger partial charge in [-0.1, -0.05) is 13.3 Å². The van der Waals surface area contributed by atoms with Gasteiger partial charge in [0.2, 0.25) is 0 Å². The lowest BCUT2D eigenvalue weighted by molar-refractivity contribution is -0.0974. The van der Waals surface area contributed by atoms with Crippen molar-refractivity contribution < 1.29 is 14.3 Å². The largest absolute Gasteiger partial charge is 0.354 e. The standard InChI is InChI=1S/C16H23N3O4S/c1-5-6-7-19-9-18-15-12(16(19)21)10(2)13(24-15)14(20)17-8-11(22-3)23-4/h9,11H,5-8H2,1-4H3,(H,17,20). The molecule has 0 atom stereocenters. The fraction of sp³-hybridized carbons (Fsp3) is 0.562. The molecular weight excluding hydrogens is 330 g/mol. The van der Waals surface area contributed by atoms with Crippen molar-refractivity contribution >= 4 is 27.5 Å². The van der Waals surface area contributed by atoms with E-state index in [1.54, 1.807) is 17.8 Å². The number of ether oxygens (including phenoxy) is 2. The third kappa shape index (κ3) is 3.82. The molecule has 0 aliphatic carbocycles. The van der Waals surface area contributed by atoms with Gasteiger partial charge in [0.25, 0.3) is 11.5 Å². The number of hydrogen-bond acceptors (Lipinski definition) is 6. The molecule has 0 aromatic carbocycles. The molecule has 2 aromatic heterocycles. The third-order valence-corrected chi connectivity index (χ3v) is 5.03. The summed E-state index contributed by atoms with van der Waals surface area (Å²) in [6.45, 7) is 4.72. The highest BCUT2D eigenvalue weighted by Crippen LogP contribution is 2.26. The van der Waals surface area contributed by atoms with Gasteiger partial charge in [-0.05, 0) is 18.9 Å². The van der Waals surface area contributed by atoms with Gasteiger partial charge in [-0.3, -0.25) is 14.2 Å². The van der Waals surface area contributed by atoms with Gasteiger partial charge in [-0.2, -0.15) is 0 Å². The van der Waals surface area contributed by atoms with Crippen LogP contribution in [0.1, 0.15) is 35.0 Å². The van der Waals surface area contributed by atoms with Crippen LogP contribution in [0.25, 0.3) is 10.2 Å². The SMILES string of the molecule is CCCCn1cnc2sc(C(=O)NCC(OC)OC)c(C)c2c1=O. The van der Waals surface area contributed by atoms with Crippen LogP contribution in [0, 0.1) is 6.92 Å². The van der Waals surface area contributed by atoms with E-state index in [9.17, 15) is 9.59 Å². The zero-order valence-corrected chi connectivity index (χ0v) is 15.2. The molecule has 0 spiro atoms. The molecule has 0 aliphatic rings. The first-order valence-electron chi connectivity index (χ1n) is 7.85. The number of nitrogens with one attached hydrogen (secondary N) is 1. The Hall–Kier alpha value is -1.77. The fourth-order valence-electron chi connectivity index (χ4n) is 2.38. The van der Waals surface area contributed by atoms with Crippen molar-refractivity contribution in [2.75, 3.05) is 20.8 Å². The molecule has 7 nitrogen and oxygen atoms in total. The topological polar surface area (TPSA) is 82.5 Å². The van der Waals surface area contributed by atoms with Crippen LogP contribution in [0.3, 0.4) is 0 Å². The minimum Gasteiger partial charge on any atom is -0.354 e. The summed E-state index contributed by atoms with van der Waals surface area (Å²) < 4.78 is 11.7. The van der Waals surface area contributed by atoms with Crippen LogP contribution >= 0.6 is 11.3 Å². The number of nitrogens with zero attached hydrogens (tertiary/aromatic N) is 2. The first kappa shape index (κ1) is 18.6. The maximum absolute atomic E-state index is 12.6. The minimum atomic E-state index is -0.506. The first-order valence-corrected chi connectivity index (χ1v) is 8.67. The fourth-order valence-corrected chi connectivity index (χ4v) is 3.44. The molecule has 2 aromatic rings. The number of carbonyl (C=O) groups excluding carboxylic acids is 1. The van der Waals surface area contributed by atoms with Crippen molar-refractivity contribution in [3.05, 3.63) is 27.1 Å². The van der Waals surface area contributed by atoms with Crippen molar-refractivity contribution in [1.29, 1.82) is 0 Å². The molecule has 0 unspecified atom stereocenters. The molecular formula is C16H23N3O4S. The summed E-state index contributed by atoms with van der Waals surface area (Å²) >= 11 is 1.23. The van der Waals surface area contributed by atoms with Gasteiger partial charge in [-0.25, -0.2) is 4.98 Å². The Balaban J connectivity index is 2.29. The van der Waals surface area contributed by atoms with Gasteiger partial charge in [0.1, 0.15) is 4.83 Å². The van der Waals surface area contributed by atoms with Crippen LogP contribution in [0.5, 0.6) is 0 Å². The van der Waals surface area contributed by atoms with Crippen LogP contribution in [0.15, 0.2) is 11.1 Å². The summed E-state index contributed by atoms with van der Waals surface area (Å²) in [5, 5.41) is 3.28. The number of rotatable bonds is 8. The van der Waals surface area contributed by atoms with Gasteiger partial charge >= 0.3 is 0 Å². The van der Waals surface area contributed by atoms with Gasteiger partial charge < -0.3 is 14.8 Å². The second kappa shape index (κ2) is 8.36. The Bertz CT molecular complexity index is 765. The van der Waals surface area contributed by atoms with Crippen LogP contribution in [0.2, 0.25) is 0 Å². The Kier molecular flexibility index (Phi) is 6.47. The quantitative estimate of drug-likeness (QED) is 0.733. The summed E-state index contributed by atoms with van der Waals surface area (Å²) in [6.07, 6.45) is 2.97. The normalized spacial score (nSPS) is 11.4. The summed E-state index contributed by atoms with van der Waals surface area (Å²) in [4.78, 5) is 30.4. The summed E-state index contributed by atoms with van der Waals surface area (Å²) in [7, 11) is 3.02. The van der Waals surface area contributed by atoms with Crippen LogP contribution in [-0.2, 0) is 16.0 Å². The van der Waals surface area contributed by atoms with E-state index >= 15 is 0 Å². The number of carbonyl (C=O) groups is 1. The summed E-state index contributed by atoms with van der Waals surface area (Å²) in [5.41, 5.74) is 0.579. The number of hydrogen-bond donors (Lipinski definition) is 1. The average molecular weight is 353 g/mol. The van der Waals surface area contributed by atoms with Crippen LogP contribution < -0.4 is 10.9 Å². The van der Waals surface area contributed by atoms with E-state index in [0.29, 0.717) is 27.2 Å². The highest BCUT2D eigenvalue weighted by atomic mass is 32.1. The van der Waals surface area contributed by atoms with Crippen molar-refractivity contribution in [3.63, 3.8) is 0 Å². The maximum Gasteiger partial charge on any atom is 0.262 e. The van der Waals surface area contributed by atoms with E-state index < -0.39 is 6.29 Å². The molecule has 0 fully saturated rings. The Morgan fingerprint density at radius 2 is 2.12 bits per heavy atom. The van der Waals surface area contributed by atoms with Crippen molar-refractivity contribution in [2.45, 2.75) is 39.5 Å². The first-order chi connectivity index (χ1) is 11.5. The summed E-state index contributed by atoms with van der Waals surface area (Å²) in [5.74, 6) is -0.255. The lowest BCUT2D eigenvalue weighted by atomic mass is 10.2. The monoisotopic (exact) mass is 353 g/mol. The number of aryl methyl sites for hydroxylation is 2. The predicted molar refractivity (Wildman–Crippen MR) is 93.7 cm³/mol. The number of fused-ring (bicyclic) bond motifs is 1. The molecule has 0 bridgehead atoms. The Morgan fingerprint density at radius 1 is 1.42 bits per heavy atom. The molecule has 2 rings (SSSR count). The van der Waals surface area contributed by atoms with Crippen molar-refractivity contribution in [2.24, 2.45) is 0 Å². The molecule has 132 valence electrons. The number of amides is 1. The highest BCUT2D eigenvalue weighted by Gasteiger charge is 2.20. The van der Waals surface area contributed by atoms with Gasteiger partial charge in [-0.15, -0.1) is 11.3 Å². The van der Waals surface area contributed by atoms with Gasteiger partial charge in [0, 0.05) is 20.8 Å². The Morgan fingerprint density at radius 3 is 2.75 bits per heavy atom. The van der Waals surface area contributed by atoms with Crippen molar-refractivity contribution in [3.8, 4) is 0 Å². The molecule has 2 heterocycles. The molecule has 0 aliphatic heterocycles. The number of unbranched alkanes of at least 4 members (excludes halogenated alkanes) is 1. The number of thiophene rings is 1. The second-order valence-corrected chi connectivity index (χ2v) is 6.44. The molecule has 1 amide bonds. The highest BCUT2D eigenvalue weighted by molar-refractivity contribution is 7.20. The van der Waals surface area contributed by atoms with E-state index in [0.717, 1.165) is 12.8 Å². The molecule has 8 heteroatoms. The summed E-state index contributed by atoms with van der Waals surface area (Å²) in [6, 6.07) is 0. The van der Waals surface area contributed by atoms with Crippen LogP contribution in [0.4, 0.5) is 0 Å². The molecule has 0 radical (unpaired) electrons. The second-order valence-electron chi connectivity index (χ2n) is 5.44. The van der Waals surface area contributed by atoms with E-state index in [-0.39, 0.29) is 18.0 Å². The average Bonchev–Trinajstić information content (AvgIpc) is 2.92. The van der Waals surface area contributed by atoms with Gasteiger partial charge in [0.15, 0.2) is 6.29 Å². The minimum absolute atomic E-state index is 0.0899. The molecule has 0 saturated heterocycles. The molecule has 24 heavy (non-hydrogen) atoms. The third-order valence-electron chi connectivity index (χ3n) is 3.83. The van der Waals surface area contributed by atoms with E-state index in [1.165, 1.54) is 25.6 Å². The predicted octanol–water partition coefficient (Wildman–Crippen LogP) is 1.92. The smallest absolute Gasteiger partial charge is 0.262 e. The number of methoxy groups -OCH3 is 2. The van der Waals surface area contributed by atoms with Crippen LogP contribution in [-0.4, -0.2) is 42.5 Å². The molecule has 1 N–H and O–H groups in total. The Labute approximate surface area is 144 Å². The van der Waals surface area contributed by atoms with Crippen molar-refractivity contribution in [1.82, 2.24) is 14.9 Å². The van der Waals surface area contributed by atoms with E-state index in [2.05, 4.69) is 17.2 Å². The molecule has 0 saturated carbocycles. The lowest BCUT2D eigenvalue weighted by Gasteiger charge is -2.13. The zero-order chi connectivity index (χ0) is 17.7. The number of aromatic nitrogens is 2. The van der Waals surface area contributed by atoms with Gasteiger partial charge in [0.05, 0.1) is 23.1 Å². The van der Waals surface area contributed by atoms with E-state index in [4.69, 9.17) is 9.47 Å².